The molecule has 2 atom stereocenters. The molecule has 1 fully saturated rings. The highest BCUT2D eigenvalue weighted by atomic mass is 32.2. The lowest BCUT2D eigenvalue weighted by molar-refractivity contribution is -0.141. The van der Waals surface area contributed by atoms with E-state index in [0.717, 1.165) is 0 Å². The van der Waals surface area contributed by atoms with E-state index in [2.05, 4.69) is 5.32 Å². The first kappa shape index (κ1) is 16.8. The van der Waals surface area contributed by atoms with E-state index in [1.807, 2.05) is 0 Å². The average Bonchev–Trinajstić information content (AvgIpc) is 2.82. The van der Waals surface area contributed by atoms with Gasteiger partial charge in [0.15, 0.2) is 15.9 Å². The summed E-state index contributed by atoms with van der Waals surface area (Å²) in [5.41, 5.74) is 0.497. The summed E-state index contributed by atoms with van der Waals surface area (Å²) in [6.07, 6.45) is 0.543. The number of amides is 1. The molecule has 1 aromatic carbocycles. The number of hydrogen-bond donors (Lipinski definition) is 2. The monoisotopic (exact) mass is 343 g/mol. The lowest BCUT2D eigenvalue weighted by Gasteiger charge is -2.15. The highest BCUT2D eigenvalue weighted by Crippen LogP contribution is 2.24. The minimum Gasteiger partial charge on any atom is -0.479 e. The van der Waals surface area contributed by atoms with Crippen LogP contribution in [-0.2, 0) is 19.4 Å². The molecule has 0 bridgehead atoms. The Labute approximate surface area is 133 Å². The highest BCUT2D eigenvalue weighted by Gasteiger charge is 2.29. The molecule has 6 nitrogen and oxygen atoms in total. The van der Waals surface area contributed by atoms with E-state index >= 15 is 0 Å². The third-order valence-corrected chi connectivity index (χ3v) is 6.61. The molecule has 0 radical (unpaired) electrons. The maximum atomic E-state index is 11.9. The van der Waals surface area contributed by atoms with Crippen LogP contribution in [0.5, 0.6) is 0 Å². The molecule has 0 spiro atoms. The number of carboxylic acid groups (broad SMARTS) is 1. The summed E-state index contributed by atoms with van der Waals surface area (Å²) < 4.78 is 22.7. The summed E-state index contributed by atoms with van der Waals surface area (Å²) in [6, 6.07) is 7.35. The molecule has 1 aliphatic rings. The number of carbonyl (C=O) groups excluding carboxylic acids is 1. The zero-order chi connectivity index (χ0) is 16.2. The smallest absolute Gasteiger partial charge is 0.330 e. The molecular formula is C14H17NO5S2. The van der Waals surface area contributed by atoms with Crippen molar-refractivity contribution in [3.05, 3.63) is 35.9 Å². The first-order valence-corrected chi connectivity index (χ1v) is 9.63. The van der Waals surface area contributed by atoms with E-state index in [1.54, 1.807) is 30.3 Å². The topological polar surface area (TPSA) is 101 Å². The Hall–Kier alpha value is -1.54. The molecule has 0 aliphatic carbocycles. The number of rotatable bonds is 6. The van der Waals surface area contributed by atoms with Crippen LogP contribution in [0.25, 0.3) is 0 Å². The maximum absolute atomic E-state index is 11.9. The maximum Gasteiger partial charge on any atom is 0.330 e. The van der Waals surface area contributed by atoms with Gasteiger partial charge in [-0.05, 0) is 12.0 Å². The Bertz CT molecular complexity index is 644. The quantitative estimate of drug-likeness (QED) is 0.794. The third kappa shape index (κ3) is 4.74. The van der Waals surface area contributed by atoms with Gasteiger partial charge < -0.3 is 10.4 Å². The summed E-state index contributed by atoms with van der Waals surface area (Å²) in [4.78, 5) is 23.2. The number of carboxylic acids is 1. The third-order valence-electron chi connectivity index (χ3n) is 3.33. The van der Waals surface area contributed by atoms with Crippen LogP contribution >= 0.6 is 11.8 Å². The van der Waals surface area contributed by atoms with Crippen molar-refractivity contribution in [3.63, 3.8) is 0 Å². The molecule has 1 heterocycles. The van der Waals surface area contributed by atoms with Gasteiger partial charge >= 0.3 is 5.97 Å². The Morgan fingerprint density at radius 3 is 2.55 bits per heavy atom. The van der Waals surface area contributed by atoms with Gasteiger partial charge in [0, 0.05) is 5.25 Å². The molecule has 2 rings (SSSR count). The molecule has 0 saturated carbocycles. The average molecular weight is 343 g/mol. The summed E-state index contributed by atoms with van der Waals surface area (Å²) in [5, 5.41) is 11.6. The van der Waals surface area contributed by atoms with E-state index in [9.17, 15) is 23.1 Å². The second kappa shape index (κ2) is 7.15. The van der Waals surface area contributed by atoms with Crippen LogP contribution in [0.2, 0.25) is 0 Å². The van der Waals surface area contributed by atoms with Crippen LogP contribution in [0.1, 0.15) is 18.0 Å². The van der Waals surface area contributed by atoms with Gasteiger partial charge in [0.2, 0.25) is 5.91 Å². The number of hydrogen-bond acceptors (Lipinski definition) is 5. The number of aliphatic carboxylic acids is 1. The van der Waals surface area contributed by atoms with Crippen molar-refractivity contribution in [3.8, 4) is 0 Å². The van der Waals surface area contributed by atoms with Gasteiger partial charge in [-0.3, -0.25) is 4.79 Å². The summed E-state index contributed by atoms with van der Waals surface area (Å²) >= 11 is 1.26. The summed E-state index contributed by atoms with van der Waals surface area (Å²) in [7, 11) is -2.97. The number of nitrogens with one attached hydrogen (secondary N) is 1. The highest BCUT2D eigenvalue weighted by molar-refractivity contribution is 8.02. The Morgan fingerprint density at radius 2 is 2.00 bits per heavy atom. The molecule has 0 aromatic heterocycles. The lowest BCUT2D eigenvalue weighted by Crippen LogP contribution is -2.35. The van der Waals surface area contributed by atoms with Crippen LogP contribution in [0.4, 0.5) is 0 Å². The van der Waals surface area contributed by atoms with Crippen LogP contribution in [0.3, 0.4) is 0 Å². The Morgan fingerprint density at radius 1 is 1.32 bits per heavy atom. The van der Waals surface area contributed by atoms with Gasteiger partial charge in [0.25, 0.3) is 0 Å². The van der Waals surface area contributed by atoms with Crippen LogP contribution in [0.15, 0.2) is 30.3 Å². The van der Waals surface area contributed by atoms with Gasteiger partial charge in [-0.25, -0.2) is 13.2 Å². The van der Waals surface area contributed by atoms with Gasteiger partial charge in [0.1, 0.15) is 0 Å². The molecule has 22 heavy (non-hydrogen) atoms. The fraction of sp³-hybridized carbons (Fsp3) is 0.429. The van der Waals surface area contributed by atoms with Crippen LogP contribution < -0.4 is 5.32 Å². The van der Waals surface area contributed by atoms with Crippen molar-refractivity contribution in [2.75, 3.05) is 17.3 Å². The largest absolute Gasteiger partial charge is 0.479 e. The first-order chi connectivity index (χ1) is 10.4. The van der Waals surface area contributed by atoms with Gasteiger partial charge in [0.05, 0.1) is 17.3 Å². The molecule has 1 aliphatic heterocycles. The Balaban J connectivity index is 1.88. The molecule has 1 aromatic rings. The molecule has 1 amide bonds. The van der Waals surface area contributed by atoms with Crippen molar-refractivity contribution in [1.29, 1.82) is 0 Å². The number of benzene rings is 1. The SMILES string of the molecule is O=C(CSC1CCS(=O)(=O)C1)N[C@@H](C(=O)O)c1ccccc1. The van der Waals surface area contributed by atoms with E-state index in [-0.39, 0.29) is 22.5 Å². The standard InChI is InChI=1S/C14H17NO5S2/c16-12(8-21-11-6-7-22(19,20)9-11)15-13(14(17)18)10-4-2-1-3-5-10/h1-5,11,13H,6-9H2,(H,15,16)(H,17,18)/t11?,13-/m1/s1. The molecule has 120 valence electrons. The van der Waals surface area contributed by atoms with Crippen molar-refractivity contribution in [2.24, 2.45) is 0 Å². The fourth-order valence-electron chi connectivity index (χ4n) is 2.22. The number of thioether (sulfide) groups is 1. The molecule has 1 saturated heterocycles. The second-order valence-corrected chi connectivity index (χ2v) is 8.60. The Kier molecular flexibility index (Phi) is 5.47. The number of sulfone groups is 1. The van der Waals surface area contributed by atoms with Crippen molar-refractivity contribution in [1.82, 2.24) is 5.32 Å². The van der Waals surface area contributed by atoms with Crippen LogP contribution in [-0.4, -0.2) is 47.9 Å². The van der Waals surface area contributed by atoms with Gasteiger partial charge in [-0.2, -0.15) is 0 Å². The number of carbonyl (C=O) groups is 2. The van der Waals surface area contributed by atoms with Crippen molar-refractivity contribution in [2.45, 2.75) is 17.7 Å². The molecular weight excluding hydrogens is 326 g/mol. The second-order valence-electron chi connectivity index (χ2n) is 5.09. The van der Waals surface area contributed by atoms with Crippen molar-refractivity contribution < 1.29 is 23.1 Å². The van der Waals surface area contributed by atoms with Gasteiger partial charge in [-0.1, -0.05) is 30.3 Å². The normalized spacial score (nSPS) is 21.2. The molecule has 2 N–H and O–H groups in total. The van der Waals surface area contributed by atoms with Crippen molar-refractivity contribution >= 4 is 33.5 Å². The minimum absolute atomic E-state index is 0.0524. The predicted octanol–water partition coefficient (Wildman–Crippen LogP) is 0.849. The molecule has 1 unspecified atom stereocenters. The molecule has 8 heteroatoms. The summed E-state index contributed by atoms with van der Waals surface area (Å²) in [6.45, 7) is 0. The van der Waals surface area contributed by atoms with Crippen LogP contribution in [0, 0.1) is 0 Å². The first-order valence-electron chi connectivity index (χ1n) is 6.76. The van der Waals surface area contributed by atoms with E-state index in [4.69, 9.17) is 0 Å². The van der Waals surface area contributed by atoms with Gasteiger partial charge in [-0.15, -0.1) is 11.8 Å². The van der Waals surface area contributed by atoms with E-state index in [1.165, 1.54) is 11.8 Å². The zero-order valence-corrected chi connectivity index (χ0v) is 13.4. The van der Waals surface area contributed by atoms with E-state index in [0.29, 0.717) is 12.0 Å². The minimum atomic E-state index is -2.97. The summed E-state index contributed by atoms with van der Waals surface area (Å²) in [5.74, 6) is -1.24. The predicted molar refractivity (Wildman–Crippen MR) is 84.5 cm³/mol. The van der Waals surface area contributed by atoms with E-state index < -0.39 is 27.8 Å². The zero-order valence-electron chi connectivity index (χ0n) is 11.8. The fourth-order valence-corrected chi connectivity index (χ4v) is 5.68. The lowest BCUT2D eigenvalue weighted by atomic mass is 10.1.